The summed E-state index contributed by atoms with van der Waals surface area (Å²) in [5.74, 6) is -1.32. The van der Waals surface area contributed by atoms with E-state index in [0.29, 0.717) is 11.3 Å². The molecule has 0 fully saturated rings. The van der Waals surface area contributed by atoms with Gasteiger partial charge < -0.3 is 10.1 Å². The molecule has 1 aliphatic rings. The average molecular weight is 337 g/mol. The van der Waals surface area contributed by atoms with Gasteiger partial charge in [0.05, 0.1) is 11.5 Å². The fourth-order valence-electron chi connectivity index (χ4n) is 4.11. The first-order valence-electron chi connectivity index (χ1n) is 8.06. The average Bonchev–Trinajstić information content (AvgIpc) is 2.53. The summed E-state index contributed by atoms with van der Waals surface area (Å²) in [6.07, 6.45) is 3.37. The Hall–Kier alpha value is -2.78. The number of aromatic nitrogens is 2. The Balaban J connectivity index is 2.41. The molecule has 2 aromatic rings. The number of nitriles is 1. The molecule has 3 atom stereocenters. The van der Waals surface area contributed by atoms with E-state index in [0.717, 1.165) is 11.1 Å². The minimum atomic E-state index is -1.37. The quantitative estimate of drug-likeness (QED) is 0.865. The van der Waals surface area contributed by atoms with Crippen molar-refractivity contribution in [3.05, 3.63) is 62.8 Å². The van der Waals surface area contributed by atoms with Crippen LogP contribution in [0.25, 0.3) is 0 Å². The Kier molecular flexibility index (Phi) is 4.05. The number of fused-ring (bicyclic) bond motifs is 1. The molecule has 0 radical (unpaired) electrons. The summed E-state index contributed by atoms with van der Waals surface area (Å²) in [7, 11) is 0. The first kappa shape index (κ1) is 17.1. The highest BCUT2D eigenvalue weighted by molar-refractivity contribution is 5.82. The number of nitrogens with one attached hydrogen (secondary N) is 1. The lowest BCUT2D eigenvalue weighted by Crippen LogP contribution is -2.49. The predicted molar refractivity (Wildman–Crippen MR) is 91.1 cm³/mol. The lowest BCUT2D eigenvalue weighted by Gasteiger charge is -2.43. The van der Waals surface area contributed by atoms with Gasteiger partial charge in [-0.05, 0) is 43.5 Å². The van der Waals surface area contributed by atoms with Crippen molar-refractivity contribution >= 4 is 5.78 Å². The Labute approximate surface area is 145 Å². The van der Waals surface area contributed by atoms with Crippen molar-refractivity contribution in [2.24, 2.45) is 5.92 Å². The summed E-state index contributed by atoms with van der Waals surface area (Å²) in [4.78, 5) is 31.4. The number of aryl methyl sites for hydroxylation is 1. The van der Waals surface area contributed by atoms with Crippen molar-refractivity contribution in [3.8, 4) is 6.07 Å². The number of nitrogens with zero attached hydrogens (tertiary/aromatic N) is 2. The molecule has 2 aromatic heterocycles. The van der Waals surface area contributed by atoms with Gasteiger partial charge in [0, 0.05) is 30.4 Å². The number of Topliss-reactive ketones (excluding diaryl/α,β-unsaturated/α-hetero) is 1. The molecule has 0 saturated heterocycles. The van der Waals surface area contributed by atoms with Crippen LogP contribution in [0.5, 0.6) is 0 Å². The van der Waals surface area contributed by atoms with Gasteiger partial charge in [-0.3, -0.25) is 14.6 Å². The molecular formula is C19H19N3O3. The van der Waals surface area contributed by atoms with Crippen molar-refractivity contribution in [1.82, 2.24) is 9.97 Å². The number of hydrogen-bond acceptors (Lipinski definition) is 5. The molecular weight excluding hydrogens is 318 g/mol. The lowest BCUT2D eigenvalue weighted by molar-refractivity contribution is -0.130. The second kappa shape index (κ2) is 5.94. The normalized spacial score (nSPS) is 25.1. The maximum absolute atomic E-state index is 12.4. The summed E-state index contributed by atoms with van der Waals surface area (Å²) < 4.78 is 0. The molecule has 2 heterocycles. The molecule has 0 amide bonds. The molecule has 1 aliphatic carbocycles. The van der Waals surface area contributed by atoms with Crippen molar-refractivity contribution < 1.29 is 9.90 Å². The summed E-state index contributed by atoms with van der Waals surface area (Å²) in [6.45, 7) is 4.80. The molecule has 25 heavy (non-hydrogen) atoms. The van der Waals surface area contributed by atoms with E-state index in [1.165, 1.54) is 6.92 Å². The molecule has 6 nitrogen and oxygen atoms in total. The molecule has 0 saturated carbocycles. The van der Waals surface area contributed by atoms with Crippen LogP contribution in [0.2, 0.25) is 0 Å². The number of H-pyrrole nitrogens is 1. The fraction of sp³-hybridized carbons (Fsp3) is 0.368. The van der Waals surface area contributed by atoms with Crippen LogP contribution < -0.4 is 5.56 Å². The van der Waals surface area contributed by atoms with Crippen molar-refractivity contribution in [3.63, 3.8) is 0 Å². The van der Waals surface area contributed by atoms with Crippen LogP contribution in [0, 0.1) is 24.2 Å². The molecule has 0 bridgehead atoms. The van der Waals surface area contributed by atoms with Crippen molar-refractivity contribution in [2.75, 3.05) is 0 Å². The topological polar surface area (TPSA) is 107 Å². The van der Waals surface area contributed by atoms with E-state index in [1.807, 2.05) is 12.1 Å². The number of aliphatic hydroxyl groups is 1. The SMILES string of the molecule is CC(=O)C1C(c2cccnc2)c2c(C)[nH]c(=O)c(C#N)c2CC1(C)O. The van der Waals surface area contributed by atoms with Crippen LogP contribution in [-0.2, 0) is 11.2 Å². The van der Waals surface area contributed by atoms with Gasteiger partial charge in [0.1, 0.15) is 17.4 Å². The van der Waals surface area contributed by atoms with Crippen molar-refractivity contribution in [2.45, 2.75) is 38.7 Å². The maximum Gasteiger partial charge on any atom is 0.266 e. The highest BCUT2D eigenvalue weighted by Crippen LogP contribution is 2.47. The molecule has 0 aliphatic heterocycles. The summed E-state index contributed by atoms with van der Waals surface area (Å²) in [6, 6.07) is 5.56. The molecule has 128 valence electrons. The molecule has 2 N–H and O–H groups in total. The van der Waals surface area contributed by atoms with Gasteiger partial charge in [-0.25, -0.2) is 0 Å². The summed E-state index contributed by atoms with van der Waals surface area (Å²) in [5, 5.41) is 20.5. The Morgan fingerprint density at radius 3 is 2.80 bits per heavy atom. The molecule has 6 heteroatoms. The Morgan fingerprint density at radius 1 is 1.52 bits per heavy atom. The largest absolute Gasteiger partial charge is 0.389 e. The third-order valence-corrected chi connectivity index (χ3v) is 5.00. The Bertz CT molecular complexity index is 939. The monoisotopic (exact) mass is 337 g/mol. The van der Waals surface area contributed by atoms with Crippen LogP contribution in [0.3, 0.4) is 0 Å². The van der Waals surface area contributed by atoms with Gasteiger partial charge in [0.15, 0.2) is 0 Å². The number of pyridine rings is 2. The third kappa shape index (κ3) is 2.67. The smallest absolute Gasteiger partial charge is 0.266 e. The highest BCUT2D eigenvalue weighted by atomic mass is 16.3. The van der Waals surface area contributed by atoms with E-state index in [9.17, 15) is 20.0 Å². The molecule has 0 aromatic carbocycles. The minimum Gasteiger partial charge on any atom is -0.389 e. The first-order valence-corrected chi connectivity index (χ1v) is 8.06. The zero-order valence-corrected chi connectivity index (χ0v) is 14.3. The van der Waals surface area contributed by atoms with Gasteiger partial charge in [0.2, 0.25) is 0 Å². The van der Waals surface area contributed by atoms with E-state index in [-0.39, 0.29) is 17.8 Å². The van der Waals surface area contributed by atoms with Crippen LogP contribution in [0.15, 0.2) is 29.3 Å². The van der Waals surface area contributed by atoms with Gasteiger partial charge >= 0.3 is 0 Å². The predicted octanol–water partition coefficient (Wildman–Crippen LogP) is 1.59. The molecule has 3 rings (SSSR count). The van der Waals surface area contributed by atoms with Crippen LogP contribution in [0.1, 0.15) is 47.7 Å². The van der Waals surface area contributed by atoms with Crippen LogP contribution >= 0.6 is 0 Å². The third-order valence-electron chi connectivity index (χ3n) is 5.00. The van der Waals surface area contributed by atoms with E-state index >= 15 is 0 Å². The maximum atomic E-state index is 12.4. The number of aromatic amines is 1. The van der Waals surface area contributed by atoms with Crippen LogP contribution in [-0.4, -0.2) is 26.5 Å². The van der Waals surface area contributed by atoms with E-state index < -0.39 is 23.0 Å². The molecule has 3 unspecified atom stereocenters. The highest BCUT2D eigenvalue weighted by Gasteiger charge is 2.48. The number of carbonyl (C=O) groups excluding carboxylic acids is 1. The minimum absolute atomic E-state index is 0.00299. The lowest BCUT2D eigenvalue weighted by atomic mass is 9.62. The number of hydrogen-bond donors (Lipinski definition) is 2. The van der Waals surface area contributed by atoms with E-state index in [4.69, 9.17) is 0 Å². The first-order chi connectivity index (χ1) is 11.8. The van der Waals surface area contributed by atoms with E-state index in [1.54, 1.807) is 32.3 Å². The Morgan fingerprint density at radius 2 is 2.24 bits per heavy atom. The van der Waals surface area contributed by atoms with Crippen molar-refractivity contribution in [1.29, 1.82) is 5.26 Å². The summed E-state index contributed by atoms with van der Waals surface area (Å²) >= 11 is 0. The number of rotatable bonds is 2. The fourth-order valence-corrected chi connectivity index (χ4v) is 4.11. The van der Waals surface area contributed by atoms with Gasteiger partial charge in [-0.15, -0.1) is 0 Å². The second-order valence-corrected chi connectivity index (χ2v) is 6.84. The van der Waals surface area contributed by atoms with Gasteiger partial charge in [0.25, 0.3) is 5.56 Å². The number of ketones is 1. The van der Waals surface area contributed by atoms with E-state index in [2.05, 4.69) is 9.97 Å². The summed E-state index contributed by atoms with van der Waals surface area (Å²) in [5.41, 5.74) is 0.775. The number of carbonyl (C=O) groups is 1. The zero-order valence-electron chi connectivity index (χ0n) is 14.3. The van der Waals surface area contributed by atoms with Gasteiger partial charge in [-0.1, -0.05) is 6.07 Å². The van der Waals surface area contributed by atoms with Crippen LogP contribution in [0.4, 0.5) is 0 Å². The van der Waals surface area contributed by atoms with Gasteiger partial charge in [-0.2, -0.15) is 5.26 Å². The second-order valence-electron chi connectivity index (χ2n) is 6.84. The molecule has 0 spiro atoms. The standard InChI is InChI=1S/C19H19N3O3/c1-10-15-13(14(8-20)18(24)22-10)7-19(3,25)17(11(2)23)16(15)12-5-4-6-21-9-12/h4-6,9,16-17,25H,7H2,1-3H3,(H,22,24). The zero-order chi connectivity index (χ0) is 18.4.